The molecule has 0 aliphatic carbocycles. The molecule has 1 fully saturated rings. The van der Waals surface area contributed by atoms with Gasteiger partial charge in [0.2, 0.25) is 5.91 Å². The number of nitrogens with two attached hydrogens (primary N) is 1. The summed E-state index contributed by atoms with van der Waals surface area (Å²) in [5, 5.41) is 10.2. The molecular weight excluding hydrogens is 561 g/mol. The lowest BCUT2D eigenvalue weighted by Crippen LogP contribution is -2.53. The molecule has 0 radical (unpaired) electrons. The number of rotatable bonds is 9. The van der Waals surface area contributed by atoms with E-state index < -0.39 is 11.3 Å². The largest absolute Gasteiger partial charge is 0.491 e. The standard InChI is InChI=1S/C32H33Cl2N3O4/c1-3-26(27-6-4-5-7-28(27)34)29(22-8-14-25(15-9-22)41-21-20-38)36(2)31(40)37-18-16-32(17-19-37,30(35)39)23-10-12-24(33)13-11-23/h3-15,38H,1,16-21H2,2H3,(H2,35,39)/b29-26+. The minimum atomic E-state index is -0.882. The molecule has 0 unspecified atom stereocenters. The first-order valence-corrected chi connectivity index (χ1v) is 14.0. The molecule has 0 bridgehead atoms. The van der Waals surface area contributed by atoms with Crippen molar-refractivity contribution in [2.24, 2.45) is 5.73 Å². The molecule has 3 aromatic carbocycles. The lowest BCUT2D eigenvalue weighted by molar-refractivity contribution is -0.125. The molecule has 41 heavy (non-hydrogen) atoms. The van der Waals surface area contributed by atoms with Crippen molar-refractivity contribution in [1.82, 2.24) is 9.80 Å². The van der Waals surface area contributed by atoms with Crippen LogP contribution in [0.5, 0.6) is 5.75 Å². The first-order valence-electron chi connectivity index (χ1n) is 13.3. The third-order valence-electron chi connectivity index (χ3n) is 7.49. The predicted octanol–water partition coefficient (Wildman–Crippen LogP) is 5.99. The molecule has 0 atom stereocenters. The summed E-state index contributed by atoms with van der Waals surface area (Å²) in [7, 11) is 1.71. The average Bonchev–Trinajstić information content (AvgIpc) is 2.99. The second-order valence-corrected chi connectivity index (χ2v) is 10.7. The minimum absolute atomic E-state index is 0.0951. The molecule has 3 amide bonds. The number of halogens is 2. The third-order valence-corrected chi connectivity index (χ3v) is 8.07. The van der Waals surface area contributed by atoms with E-state index in [1.54, 1.807) is 53.3 Å². The summed E-state index contributed by atoms with van der Waals surface area (Å²) in [5.74, 6) is 0.173. The molecule has 1 aliphatic rings. The van der Waals surface area contributed by atoms with Crippen LogP contribution in [0, 0.1) is 0 Å². The van der Waals surface area contributed by atoms with Gasteiger partial charge < -0.3 is 20.5 Å². The maximum atomic E-state index is 14.0. The van der Waals surface area contributed by atoms with Gasteiger partial charge in [0.15, 0.2) is 0 Å². The quantitative estimate of drug-likeness (QED) is 0.235. The maximum Gasteiger partial charge on any atom is 0.324 e. The van der Waals surface area contributed by atoms with E-state index in [0.29, 0.717) is 53.0 Å². The zero-order chi connectivity index (χ0) is 29.6. The van der Waals surface area contributed by atoms with Gasteiger partial charge in [-0.05, 0) is 66.4 Å². The van der Waals surface area contributed by atoms with Crippen LogP contribution in [-0.2, 0) is 10.2 Å². The van der Waals surface area contributed by atoms with Crippen LogP contribution in [0.3, 0.4) is 0 Å². The Balaban J connectivity index is 1.68. The van der Waals surface area contributed by atoms with Crippen molar-refractivity contribution in [2.75, 3.05) is 33.4 Å². The molecule has 0 saturated carbocycles. The Hall–Kier alpha value is -3.78. The number of benzene rings is 3. The van der Waals surface area contributed by atoms with Crippen LogP contribution in [0.4, 0.5) is 4.79 Å². The summed E-state index contributed by atoms with van der Waals surface area (Å²) in [6.07, 6.45) is 2.46. The van der Waals surface area contributed by atoms with Crippen LogP contribution >= 0.6 is 23.2 Å². The molecule has 3 N–H and O–H groups in total. The number of carbonyl (C=O) groups is 2. The summed E-state index contributed by atoms with van der Waals surface area (Å²) >= 11 is 12.6. The van der Waals surface area contributed by atoms with Gasteiger partial charge in [0.1, 0.15) is 12.4 Å². The van der Waals surface area contributed by atoms with Crippen molar-refractivity contribution >= 4 is 46.4 Å². The van der Waals surface area contributed by atoms with Crippen LogP contribution in [0.2, 0.25) is 10.0 Å². The number of nitrogens with zero attached hydrogens (tertiary/aromatic N) is 2. The fourth-order valence-electron chi connectivity index (χ4n) is 5.25. The van der Waals surface area contributed by atoms with Gasteiger partial charge in [0.25, 0.3) is 0 Å². The van der Waals surface area contributed by atoms with Gasteiger partial charge in [-0.25, -0.2) is 4.79 Å². The topological polar surface area (TPSA) is 96.1 Å². The van der Waals surface area contributed by atoms with Crippen LogP contribution in [0.1, 0.15) is 29.5 Å². The highest BCUT2D eigenvalue weighted by Gasteiger charge is 2.43. The van der Waals surface area contributed by atoms with Crippen molar-refractivity contribution in [3.05, 3.63) is 112 Å². The molecule has 0 aromatic heterocycles. The van der Waals surface area contributed by atoms with E-state index in [2.05, 4.69) is 6.58 Å². The molecule has 214 valence electrons. The SMILES string of the molecule is C=C/C(=C(/c1ccc(OCCO)cc1)N(C)C(=O)N1CCC(C(N)=O)(c2ccc(Cl)cc2)CC1)c1ccccc1Cl. The van der Waals surface area contributed by atoms with E-state index in [4.69, 9.17) is 38.8 Å². The van der Waals surface area contributed by atoms with E-state index in [1.165, 1.54) is 0 Å². The summed E-state index contributed by atoms with van der Waals surface area (Å²) in [5.41, 5.74) is 8.60. The van der Waals surface area contributed by atoms with Gasteiger partial charge in [0.05, 0.1) is 17.7 Å². The van der Waals surface area contributed by atoms with E-state index in [-0.39, 0.29) is 19.2 Å². The lowest BCUT2D eigenvalue weighted by Gasteiger charge is -2.41. The molecule has 9 heteroatoms. The van der Waals surface area contributed by atoms with E-state index >= 15 is 0 Å². The summed E-state index contributed by atoms with van der Waals surface area (Å²) in [4.78, 5) is 30.0. The minimum Gasteiger partial charge on any atom is -0.491 e. The number of carbonyl (C=O) groups excluding carboxylic acids is 2. The van der Waals surface area contributed by atoms with Gasteiger partial charge in [-0.15, -0.1) is 0 Å². The first-order chi connectivity index (χ1) is 19.7. The van der Waals surface area contributed by atoms with Gasteiger partial charge in [-0.2, -0.15) is 0 Å². The molecule has 7 nitrogen and oxygen atoms in total. The molecular formula is C32H33Cl2N3O4. The highest BCUT2D eigenvalue weighted by atomic mass is 35.5. The van der Waals surface area contributed by atoms with Gasteiger partial charge >= 0.3 is 6.03 Å². The number of hydrogen-bond acceptors (Lipinski definition) is 4. The van der Waals surface area contributed by atoms with Crippen molar-refractivity contribution < 1.29 is 19.4 Å². The molecule has 4 rings (SSSR count). The second-order valence-electron chi connectivity index (χ2n) is 9.82. The third kappa shape index (κ3) is 6.43. The Kier molecular flexibility index (Phi) is 9.76. The van der Waals surface area contributed by atoms with E-state index in [0.717, 1.165) is 16.7 Å². The number of aliphatic hydroxyl groups excluding tert-OH is 1. The van der Waals surface area contributed by atoms with Crippen molar-refractivity contribution in [3.63, 3.8) is 0 Å². The number of piperidine rings is 1. The maximum absolute atomic E-state index is 14.0. The molecule has 3 aromatic rings. The Morgan fingerprint density at radius 2 is 1.68 bits per heavy atom. The molecule has 1 heterocycles. The first kappa shape index (κ1) is 30.2. The lowest BCUT2D eigenvalue weighted by atomic mass is 9.72. The smallest absolute Gasteiger partial charge is 0.324 e. The van der Waals surface area contributed by atoms with Crippen LogP contribution < -0.4 is 10.5 Å². The number of likely N-dealkylation sites (tertiary alicyclic amines) is 1. The number of hydrogen-bond donors (Lipinski definition) is 2. The number of primary amides is 1. The Labute approximate surface area is 250 Å². The van der Waals surface area contributed by atoms with E-state index in [1.807, 2.05) is 42.5 Å². The highest BCUT2D eigenvalue weighted by Crippen LogP contribution is 2.38. The normalized spacial score (nSPS) is 15.1. The Bertz CT molecular complexity index is 1430. The van der Waals surface area contributed by atoms with Crippen molar-refractivity contribution in [2.45, 2.75) is 18.3 Å². The van der Waals surface area contributed by atoms with Crippen LogP contribution in [0.25, 0.3) is 11.3 Å². The Morgan fingerprint density at radius 1 is 1.05 bits per heavy atom. The van der Waals surface area contributed by atoms with Crippen molar-refractivity contribution in [3.8, 4) is 5.75 Å². The summed E-state index contributed by atoms with van der Waals surface area (Å²) in [6.45, 7) is 4.79. The number of ether oxygens (including phenoxy) is 1. The van der Waals surface area contributed by atoms with Crippen molar-refractivity contribution in [1.29, 1.82) is 0 Å². The fraction of sp³-hybridized carbons (Fsp3) is 0.250. The van der Waals surface area contributed by atoms with Crippen LogP contribution in [0.15, 0.2) is 85.5 Å². The van der Waals surface area contributed by atoms with E-state index in [9.17, 15) is 9.59 Å². The van der Waals surface area contributed by atoms with Gasteiger partial charge in [0, 0.05) is 41.3 Å². The van der Waals surface area contributed by atoms with Crippen LogP contribution in [-0.4, -0.2) is 60.2 Å². The Morgan fingerprint density at radius 3 is 2.24 bits per heavy atom. The number of allylic oxidation sites excluding steroid dienone is 2. The number of urea groups is 1. The average molecular weight is 595 g/mol. The monoisotopic (exact) mass is 593 g/mol. The summed E-state index contributed by atoms with van der Waals surface area (Å²) < 4.78 is 5.52. The molecule has 1 aliphatic heterocycles. The second kappa shape index (κ2) is 13.3. The highest BCUT2D eigenvalue weighted by molar-refractivity contribution is 6.33. The summed E-state index contributed by atoms with van der Waals surface area (Å²) in [6, 6.07) is 21.6. The number of amides is 3. The number of aliphatic hydroxyl groups is 1. The fourth-order valence-corrected chi connectivity index (χ4v) is 5.61. The zero-order valence-electron chi connectivity index (χ0n) is 22.9. The zero-order valence-corrected chi connectivity index (χ0v) is 24.4. The van der Waals surface area contributed by atoms with Gasteiger partial charge in [-0.1, -0.05) is 66.2 Å². The van der Waals surface area contributed by atoms with Gasteiger partial charge in [-0.3, -0.25) is 9.69 Å². The predicted molar refractivity (Wildman–Crippen MR) is 164 cm³/mol. The molecule has 1 saturated heterocycles. The molecule has 0 spiro atoms.